The first kappa shape index (κ1) is 13.9. The lowest BCUT2D eigenvalue weighted by atomic mass is 10.1. The quantitative estimate of drug-likeness (QED) is 0.666. The highest BCUT2D eigenvalue weighted by atomic mass is 19.4. The number of allylic oxidation sites excluding steroid dienone is 1. The summed E-state index contributed by atoms with van der Waals surface area (Å²) < 4.78 is 44.7. The van der Waals surface area contributed by atoms with E-state index in [0.717, 1.165) is 6.07 Å². The van der Waals surface area contributed by atoms with Gasteiger partial charge in [-0.15, -0.1) is 13.2 Å². The molecule has 0 bridgehead atoms. The minimum atomic E-state index is -4.80. The molecule has 7 heteroatoms. The summed E-state index contributed by atoms with van der Waals surface area (Å²) in [7, 11) is 1.20. The van der Waals surface area contributed by atoms with Crippen molar-refractivity contribution >= 4 is 12.4 Å². The van der Waals surface area contributed by atoms with E-state index in [9.17, 15) is 18.0 Å². The SMILES string of the molecule is COc1cc(/C=C(\N)C=O)ccc1OC(F)(F)F. The lowest BCUT2D eigenvalue weighted by Crippen LogP contribution is -2.17. The summed E-state index contributed by atoms with van der Waals surface area (Å²) in [5.41, 5.74) is 5.65. The van der Waals surface area contributed by atoms with E-state index in [0.29, 0.717) is 11.8 Å². The maximum Gasteiger partial charge on any atom is 0.573 e. The minimum Gasteiger partial charge on any atom is -0.493 e. The van der Waals surface area contributed by atoms with Gasteiger partial charge in [0.1, 0.15) is 0 Å². The van der Waals surface area contributed by atoms with E-state index in [1.165, 1.54) is 25.3 Å². The molecule has 0 unspecified atom stereocenters. The van der Waals surface area contributed by atoms with Crippen LogP contribution < -0.4 is 15.2 Å². The zero-order valence-corrected chi connectivity index (χ0v) is 9.32. The van der Waals surface area contributed by atoms with E-state index >= 15 is 0 Å². The van der Waals surface area contributed by atoms with Gasteiger partial charge >= 0.3 is 6.36 Å². The minimum absolute atomic E-state index is 0.0541. The molecule has 1 aromatic carbocycles. The van der Waals surface area contributed by atoms with Crippen LogP contribution in [0.3, 0.4) is 0 Å². The molecule has 0 aliphatic heterocycles. The van der Waals surface area contributed by atoms with E-state index < -0.39 is 12.1 Å². The molecule has 1 aromatic rings. The molecule has 0 aromatic heterocycles. The fourth-order valence-corrected chi connectivity index (χ4v) is 1.21. The van der Waals surface area contributed by atoms with Gasteiger partial charge in [0.05, 0.1) is 12.8 Å². The van der Waals surface area contributed by atoms with Crippen molar-refractivity contribution in [3.05, 3.63) is 29.5 Å². The summed E-state index contributed by atoms with van der Waals surface area (Å²) in [6.07, 6.45) is -3.08. The third-order valence-corrected chi connectivity index (χ3v) is 1.88. The summed E-state index contributed by atoms with van der Waals surface area (Å²) in [6, 6.07) is 3.67. The topological polar surface area (TPSA) is 61.5 Å². The van der Waals surface area contributed by atoms with Gasteiger partial charge in [-0.2, -0.15) is 0 Å². The number of rotatable bonds is 4. The first-order chi connectivity index (χ1) is 8.35. The smallest absolute Gasteiger partial charge is 0.493 e. The van der Waals surface area contributed by atoms with E-state index in [2.05, 4.69) is 4.74 Å². The molecule has 1 rings (SSSR count). The fraction of sp³-hybridized carbons (Fsp3) is 0.182. The molecule has 0 spiro atoms. The molecule has 0 aliphatic rings. The predicted octanol–water partition coefficient (Wildman–Crippen LogP) is 2.09. The summed E-state index contributed by atoms with van der Waals surface area (Å²) in [5.74, 6) is -0.577. The van der Waals surface area contributed by atoms with Crippen molar-refractivity contribution in [2.75, 3.05) is 7.11 Å². The Bertz CT molecular complexity index is 469. The van der Waals surface area contributed by atoms with E-state index in [-0.39, 0.29) is 11.4 Å². The Kier molecular flexibility index (Phi) is 4.19. The molecule has 0 radical (unpaired) electrons. The molecule has 0 saturated heterocycles. The molecule has 0 aliphatic carbocycles. The number of aldehydes is 1. The zero-order chi connectivity index (χ0) is 13.8. The summed E-state index contributed by atoms with van der Waals surface area (Å²) in [4.78, 5) is 10.3. The Morgan fingerprint density at radius 2 is 2.00 bits per heavy atom. The van der Waals surface area contributed by atoms with Crippen molar-refractivity contribution in [3.63, 3.8) is 0 Å². The fourth-order valence-electron chi connectivity index (χ4n) is 1.21. The Hall–Kier alpha value is -2.18. The molecule has 4 nitrogen and oxygen atoms in total. The Morgan fingerprint density at radius 1 is 1.33 bits per heavy atom. The lowest BCUT2D eigenvalue weighted by Gasteiger charge is -2.12. The molecule has 2 N–H and O–H groups in total. The van der Waals surface area contributed by atoms with Gasteiger partial charge in [-0.05, 0) is 23.8 Å². The average Bonchev–Trinajstić information content (AvgIpc) is 2.29. The Balaban J connectivity index is 3.07. The van der Waals surface area contributed by atoms with E-state index in [1.54, 1.807) is 0 Å². The molecular formula is C11H10F3NO3. The number of methoxy groups -OCH3 is 1. The highest BCUT2D eigenvalue weighted by Crippen LogP contribution is 2.33. The molecule has 0 fully saturated rings. The molecule has 0 saturated carbocycles. The normalized spacial score (nSPS) is 12.1. The number of carbonyl (C=O) groups excluding carboxylic acids is 1. The number of alkyl halides is 3. The van der Waals surface area contributed by atoms with Crippen LogP contribution in [0.5, 0.6) is 11.5 Å². The number of nitrogens with two attached hydrogens (primary N) is 1. The largest absolute Gasteiger partial charge is 0.573 e. The van der Waals surface area contributed by atoms with Crippen LogP contribution in [0.25, 0.3) is 6.08 Å². The van der Waals surface area contributed by atoms with Gasteiger partial charge in [-0.25, -0.2) is 0 Å². The molecule has 98 valence electrons. The number of hydrogen-bond donors (Lipinski definition) is 1. The first-order valence-corrected chi connectivity index (χ1v) is 4.72. The van der Waals surface area contributed by atoms with E-state index in [4.69, 9.17) is 10.5 Å². The second kappa shape index (κ2) is 5.44. The average molecular weight is 261 g/mol. The highest BCUT2D eigenvalue weighted by molar-refractivity contribution is 5.80. The van der Waals surface area contributed by atoms with E-state index in [1.807, 2.05) is 0 Å². The zero-order valence-electron chi connectivity index (χ0n) is 9.32. The van der Waals surface area contributed by atoms with Gasteiger partial charge < -0.3 is 15.2 Å². The third-order valence-electron chi connectivity index (χ3n) is 1.88. The number of hydrogen-bond acceptors (Lipinski definition) is 4. The second-order valence-electron chi connectivity index (χ2n) is 3.22. The summed E-state index contributed by atoms with van der Waals surface area (Å²) in [6.45, 7) is 0. The second-order valence-corrected chi connectivity index (χ2v) is 3.22. The molecular weight excluding hydrogens is 251 g/mol. The van der Waals surface area contributed by atoms with Crippen LogP contribution in [0, 0.1) is 0 Å². The predicted molar refractivity (Wildman–Crippen MR) is 57.9 cm³/mol. The Morgan fingerprint density at radius 3 is 2.50 bits per heavy atom. The number of halogens is 3. The maximum absolute atomic E-state index is 12.1. The highest BCUT2D eigenvalue weighted by Gasteiger charge is 2.32. The van der Waals surface area contributed by atoms with Crippen LogP contribution >= 0.6 is 0 Å². The van der Waals surface area contributed by atoms with Gasteiger partial charge in [-0.3, -0.25) is 4.79 Å². The van der Waals surface area contributed by atoms with Gasteiger partial charge in [0.15, 0.2) is 17.8 Å². The maximum atomic E-state index is 12.1. The number of ether oxygens (including phenoxy) is 2. The number of benzene rings is 1. The molecule has 0 heterocycles. The third kappa shape index (κ3) is 4.00. The number of carbonyl (C=O) groups is 1. The van der Waals surface area contributed by atoms with Gasteiger partial charge in [0.2, 0.25) is 0 Å². The molecule has 0 amide bonds. The molecule has 18 heavy (non-hydrogen) atoms. The van der Waals surface area contributed by atoms with Crippen molar-refractivity contribution in [1.29, 1.82) is 0 Å². The van der Waals surface area contributed by atoms with Crippen LogP contribution in [-0.2, 0) is 4.79 Å². The van der Waals surface area contributed by atoms with Crippen LogP contribution in [0.1, 0.15) is 5.56 Å². The van der Waals surface area contributed by atoms with Crippen molar-refractivity contribution in [1.82, 2.24) is 0 Å². The summed E-state index contributed by atoms with van der Waals surface area (Å²) in [5, 5.41) is 0. The Labute approximate surface area is 101 Å². The van der Waals surface area contributed by atoms with Crippen LogP contribution in [0.15, 0.2) is 23.9 Å². The van der Waals surface area contributed by atoms with Crippen molar-refractivity contribution in [2.45, 2.75) is 6.36 Å². The van der Waals surface area contributed by atoms with Crippen molar-refractivity contribution < 1.29 is 27.4 Å². The lowest BCUT2D eigenvalue weighted by molar-refractivity contribution is -0.275. The van der Waals surface area contributed by atoms with Crippen LogP contribution in [0.2, 0.25) is 0 Å². The standard InChI is InChI=1S/C11H10F3NO3/c1-17-10-5-7(4-8(15)6-16)2-3-9(10)18-11(12,13)14/h2-6H,15H2,1H3/b8-4-. The first-order valence-electron chi connectivity index (χ1n) is 4.72. The van der Waals surface area contributed by atoms with Gasteiger partial charge in [0.25, 0.3) is 0 Å². The van der Waals surface area contributed by atoms with Crippen LogP contribution in [0.4, 0.5) is 13.2 Å². The van der Waals surface area contributed by atoms with Crippen molar-refractivity contribution in [2.24, 2.45) is 5.73 Å². The van der Waals surface area contributed by atoms with Crippen molar-refractivity contribution in [3.8, 4) is 11.5 Å². The monoisotopic (exact) mass is 261 g/mol. The van der Waals surface area contributed by atoms with Crippen LogP contribution in [-0.4, -0.2) is 19.8 Å². The summed E-state index contributed by atoms with van der Waals surface area (Å²) >= 11 is 0. The molecule has 0 atom stereocenters. The van der Waals surface area contributed by atoms with Gasteiger partial charge in [0, 0.05) is 0 Å². The van der Waals surface area contributed by atoms with Gasteiger partial charge in [-0.1, -0.05) is 6.07 Å².